The van der Waals surface area contributed by atoms with Gasteiger partial charge in [0.05, 0.1) is 0 Å². The van der Waals surface area contributed by atoms with Gasteiger partial charge in [-0.1, -0.05) is 20.5 Å². The molecule has 0 fully saturated rings. The van der Waals surface area contributed by atoms with Gasteiger partial charge in [0.2, 0.25) is 0 Å². The lowest BCUT2D eigenvalue weighted by atomic mass is 11.0. The molecule has 0 bridgehead atoms. The Morgan fingerprint density at radius 1 is 1.33 bits per heavy atom. The highest BCUT2D eigenvalue weighted by atomic mass is 32.4. The van der Waals surface area contributed by atoms with E-state index < -0.39 is 0 Å². The van der Waals surface area contributed by atoms with E-state index in [2.05, 4.69) is 13.8 Å². The average molecular weight is 122 g/mol. The van der Waals surface area contributed by atoms with Gasteiger partial charge in [-0.2, -0.15) is 0 Å². The Morgan fingerprint density at radius 3 is 1.67 bits per heavy atom. The van der Waals surface area contributed by atoms with Crippen molar-refractivity contribution >= 4 is 18.5 Å². The maximum absolute atomic E-state index is 5.04. The summed E-state index contributed by atoms with van der Waals surface area (Å²) in [7, 11) is 0. The second-order valence-electron chi connectivity index (χ2n) is 1.25. The van der Waals surface area contributed by atoms with Gasteiger partial charge in [0, 0.05) is 0 Å². The number of hydrogen-bond acceptors (Lipinski definition) is 1. The Kier molecular flexibility index (Phi) is 4.24. The summed E-state index contributed by atoms with van der Waals surface area (Å²) in [6, 6.07) is 0. The zero-order chi connectivity index (χ0) is 4.99. The highest BCUT2D eigenvalue weighted by Crippen LogP contribution is 2.16. The molecule has 0 nitrogen and oxygen atoms in total. The Labute approximate surface area is 45.4 Å². The van der Waals surface area contributed by atoms with E-state index >= 15 is 0 Å². The first-order chi connectivity index (χ1) is 2.81. The molecule has 2 heteroatoms. The lowest BCUT2D eigenvalue weighted by Gasteiger charge is -1.88. The SMILES string of the molecule is CC[PH](=S)CC. The van der Waals surface area contributed by atoms with E-state index in [9.17, 15) is 0 Å². The maximum atomic E-state index is 5.04. The van der Waals surface area contributed by atoms with Crippen molar-refractivity contribution in [2.24, 2.45) is 0 Å². The summed E-state index contributed by atoms with van der Waals surface area (Å²) in [6.45, 7) is 4.06. The third-order valence-corrected chi connectivity index (χ3v) is 4.10. The second kappa shape index (κ2) is 3.83. The van der Waals surface area contributed by atoms with E-state index in [0.717, 1.165) is 0 Å². The minimum Gasteiger partial charge on any atom is -0.101 e. The Hall–Kier alpha value is 0.650. The van der Waals surface area contributed by atoms with E-state index in [4.69, 9.17) is 11.8 Å². The highest BCUT2D eigenvalue weighted by Gasteiger charge is 1.79. The van der Waals surface area contributed by atoms with Gasteiger partial charge in [-0.05, 0) is 12.3 Å². The minimum atomic E-state index is -0.285. The van der Waals surface area contributed by atoms with E-state index in [1.54, 1.807) is 0 Å². The molecule has 0 N–H and O–H groups in total. The molecule has 0 radical (unpaired) electrons. The summed E-state index contributed by atoms with van der Waals surface area (Å²) >= 11 is 5.04. The van der Waals surface area contributed by atoms with Crippen LogP contribution in [0.3, 0.4) is 0 Å². The quantitative estimate of drug-likeness (QED) is 0.502. The summed E-state index contributed by atoms with van der Waals surface area (Å²) in [5, 5.41) is 0. The van der Waals surface area contributed by atoms with Gasteiger partial charge in [-0.25, -0.2) is 0 Å². The smallest absolute Gasteiger partial charge is 0.0289 e. The largest absolute Gasteiger partial charge is 0.101 e. The van der Waals surface area contributed by atoms with Crippen LogP contribution < -0.4 is 0 Å². The molecular formula is C4H11PS. The zero-order valence-corrected chi connectivity index (χ0v) is 6.14. The first-order valence-electron chi connectivity index (χ1n) is 2.33. The van der Waals surface area contributed by atoms with Gasteiger partial charge in [-0.15, -0.1) is 11.8 Å². The lowest BCUT2D eigenvalue weighted by molar-refractivity contribution is 1.44. The highest BCUT2D eigenvalue weighted by molar-refractivity contribution is 8.05. The van der Waals surface area contributed by atoms with Crippen LogP contribution in [-0.4, -0.2) is 12.3 Å². The molecule has 0 aliphatic heterocycles. The maximum Gasteiger partial charge on any atom is -0.0289 e. The van der Waals surface area contributed by atoms with Crippen LogP contribution in [0, 0.1) is 0 Å². The molecule has 0 saturated heterocycles. The second-order valence-corrected chi connectivity index (χ2v) is 5.47. The Morgan fingerprint density at radius 2 is 1.67 bits per heavy atom. The first-order valence-corrected chi connectivity index (χ1v) is 5.37. The number of rotatable bonds is 2. The van der Waals surface area contributed by atoms with Crippen LogP contribution in [0.5, 0.6) is 0 Å². The molecule has 0 saturated carbocycles. The lowest BCUT2D eigenvalue weighted by Crippen LogP contribution is -1.66. The fourth-order valence-electron chi connectivity index (χ4n) is 0.250. The first kappa shape index (κ1) is 6.65. The van der Waals surface area contributed by atoms with Gasteiger partial charge in [0.25, 0.3) is 0 Å². The topological polar surface area (TPSA) is 0 Å². The summed E-state index contributed by atoms with van der Waals surface area (Å²) in [6.07, 6.45) is 2.49. The predicted octanol–water partition coefficient (Wildman–Crippen LogP) is 1.70. The van der Waals surface area contributed by atoms with E-state index in [1.165, 1.54) is 12.3 Å². The standard InChI is InChI=1S/C4H11PS/c1-3-5(6)4-2/h5H,3-4H2,1-2H3. The molecule has 0 atom stereocenters. The van der Waals surface area contributed by atoms with Gasteiger partial charge >= 0.3 is 0 Å². The van der Waals surface area contributed by atoms with Crippen molar-refractivity contribution in [3.63, 3.8) is 0 Å². The molecule has 0 unspecified atom stereocenters. The van der Waals surface area contributed by atoms with Crippen molar-refractivity contribution in [3.8, 4) is 0 Å². The number of hydrogen-bond donors (Lipinski definition) is 0. The fourth-order valence-corrected chi connectivity index (χ4v) is 0.750. The average Bonchev–Trinajstić information content (AvgIpc) is 1.65. The molecule has 0 amide bonds. The van der Waals surface area contributed by atoms with Crippen molar-refractivity contribution in [1.29, 1.82) is 0 Å². The monoisotopic (exact) mass is 122 g/mol. The molecule has 6 heavy (non-hydrogen) atoms. The van der Waals surface area contributed by atoms with Gasteiger partial charge < -0.3 is 0 Å². The normalized spacial score (nSPS) is 9.83. The molecule has 0 aromatic rings. The third-order valence-electron chi connectivity index (χ3n) is 0.789. The van der Waals surface area contributed by atoms with Crippen LogP contribution in [-0.2, 0) is 11.8 Å². The van der Waals surface area contributed by atoms with Crippen LogP contribution in [0.15, 0.2) is 0 Å². The van der Waals surface area contributed by atoms with Crippen molar-refractivity contribution in [3.05, 3.63) is 0 Å². The molecule has 0 aliphatic rings. The molecule has 0 aromatic carbocycles. The summed E-state index contributed by atoms with van der Waals surface area (Å²) < 4.78 is 0. The molecule has 38 valence electrons. The Bertz CT molecular complexity index is 45.5. The van der Waals surface area contributed by atoms with E-state index in [1.807, 2.05) is 0 Å². The van der Waals surface area contributed by atoms with Crippen LogP contribution >= 0.6 is 6.70 Å². The molecular weight excluding hydrogens is 111 g/mol. The summed E-state index contributed by atoms with van der Waals surface area (Å²) in [5.74, 6) is 0. The minimum absolute atomic E-state index is 0.285. The van der Waals surface area contributed by atoms with Crippen molar-refractivity contribution in [1.82, 2.24) is 0 Å². The van der Waals surface area contributed by atoms with Crippen LogP contribution in [0.25, 0.3) is 0 Å². The van der Waals surface area contributed by atoms with Gasteiger partial charge in [-0.3, -0.25) is 0 Å². The van der Waals surface area contributed by atoms with Crippen LogP contribution in [0.1, 0.15) is 13.8 Å². The Balaban J connectivity index is 2.99. The van der Waals surface area contributed by atoms with Gasteiger partial charge in [0.15, 0.2) is 0 Å². The van der Waals surface area contributed by atoms with Crippen LogP contribution in [0.2, 0.25) is 0 Å². The van der Waals surface area contributed by atoms with Gasteiger partial charge in [0.1, 0.15) is 0 Å². The summed E-state index contributed by atoms with van der Waals surface area (Å²) in [4.78, 5) is 0. The summed E-state index contributed by atoms with van der Waals surface area (Å²) in [5.41, 5.74) is 0. The van der Waals surface area contributed by atoms with Crippen LogP contribution in [0.4, 0.5) is 0 Å². The third kappa shape index (κ3) is 2.87. The zero-order valence-electron chi connectivity index (χ0n) is 4.32. The molecule has 0 spiro atoms. The van der Waals surface area contributed by atoms with E-state index in [-0.39, 0.29) is 6.70 Å². The molecule has 0 aliphatic carbocycles. The predicted molar refractivity (Wildman–Crippen MR) is 36.8 cm³/mol. The van der Waals surface area contributed by atoms with Crippen molar-refractivity contribution in [2.75, 3.05) is 12.3 Å². The molecule has 0 heterocycles. The van der Waals surface area contributed by atoms with Crippen molar-refractivity contribution < 1.29 is 0 Å². The molecule has 0 rings (SSSR count). The fraction of sp³-hybridized carbons (Fsp3) is 1.00. The van der Waals surface area contributed by atoms with E-state index in [0.29, 0.717) is 0 Å². The molecule has 0 aromatic heterocycles. The van der Waals surface area contributed by atoms with Crippen molar-refractivity contribution in [2.45, 2.75) is 13.8 Å².